The van der Waals surface area contributed by atoms with Gasteiger partial charge in [0.15, 0.2) is 0 Å². The van der Waals surface area contributed by atoms with Crippen molar-refractivity contribution in [3.63, 3.8) is 0 Å². The largest absolute Gasteiger partial charge is 0.384 e. The molecule has 3 heterocycles. The maximum atomic E-state index is 5.49. The molecule has 6 nitrogen and oxygen atoms in total. The van der Waals surface area contributed by atoms with Crippen molar-refractivity contribution in [1.29, 1.82) is 0 Å². The summed E-state index contributed by atoms with van der Waals surface area (Å²) in [5.41, 5.74) is 3.89. The van der Waals surface area contributed by atoms with E-state index in [1.54, 1.807) is 7.11 Å². The first kappa shape index (κ1) is 16.8. The van der Waals surface area contributed by atoms with Crippen LogP contribution in [0.3, 0.4) is 0 Å². The Hall–Kier alpha value is -1.66. The van der Waals surface area contributed by atoms with E-state index in [0.717, 1.165) is 38.7 Å². The van der Waals surface area contributed by atoms with Crippen molar-refractivity contribution in [3.8, 4) is 0 Å². The van der Waals surface area contributed by atoms with Gasteiger partial charge in [-0.1, -0.05) is 12.8 Å². The van der Waals surface area contributed by atoms with Crippen LogP contribution >= 0.6 is 0 Å². The highest BCUT2D eigenvalue weighted by Crippen LogP contribution is 2.30. The second-order valence-electron chi connectivity index (χ2n) is 7.76. The topological polar surface area (TPSA) is 48.1 Å². The highest BCUT2D eigenvalue weighted by molar-refractivity contribution is 5.25. The summed E-state index contributed by atoms with van der Waals surface area (Å²) in [6.07, 6.45) is 11.8. The van der Waals surface area contributed by atoms with Gasteiger partial charge in [0.1, 0.15) is 0 Å². The standard InChI is InChI=1S/C19H29N5O/c1-22-8-16(7-20-22)9-23-11-17-13-24(10-15-5-3-4-6-15)21-19(17)18(12-23)14-25-2/h7-8,13,15,18H,3-6,9-12,14H2,1-2H3/t18-/m1/s1. The lowest BCUT2D eigenvalue weighted by Crippen LogP contribution is -2.34. The molecule has 0 bridgehead atoms. The lowest BCUT2D eigenvalue weighted by Gasteiger charge is -2.31. The zero-order chi connectivity index (χ0) is 17.2. The van der Waals surface area contributed by atoms with Crippen LogP contribution in [-0.4, -0.2) is 44.7 Å². The third-order valence-electron chi connectivity index (χ3n) is 5.58. The van der Waals surface area contributed by atoms with Crippen LogP contribution in [0.1, 0.15) is 48.4 Å². The average molecular weight is 343 g/mol. The SMILES string of the molecule is COC[C@H]1CN(Cc2cnn(C)c2)Cc2cn(CC3CCCC3)nc21. The molecule has 1 saturated carbocycles. The molecule has 2 aliphatic rings. The van der Waals surface area contributed by atoms with E-state index in [1.807, 2.05) is 17.9 Å². The number of hydrogen-bond donors (Lipinski definition) is 0. The molecule has 0 N–H and O–H groups in total. The van der Waals surface area contributed by atoms with Gasteiger partial charge in [-0.15, -0.1) is 0 Å². The van der Waals surface area contributed by atoms with Crippen molar-refractivity contribution in [2.75, 3.05) is 20.3 Å². The quantitative estimate of drug-likeness (QED) is 0.809. The minimum absolute atomic E-state index is 0.357. The summed E-state index contributed by atoms with van der Waals surface area (Å²) in [6.45, 7) is 4.71. The molecule has 0 spiro atoms. The first-order chi connectivity index (χ1) is 12.2. The highest BCUT2D eigenvalue weighted by Gasteiger charge is 2.29. The van der Waals surface area contributed by atoms with Crippen LogP contribution in [0.5, 0.6) is 0 Å². The third kappa shape index (κ3) is 3.80. The Morgan fingerprint density at radius 3 is 2.80 bits per heavy atom. The van der Waals surface area contributed by atoms with E-state index in [-0.39, 0.29) is 0 Å². The molecule has 25 heavy (non-hydrogen) atoms. The molecule has 6 heteroatoms. The van der Waals surface area contributed by atoms with Gasteiger partial charge in [-0.2, -0.15) is 10.2 Å². The lowest BCUT2D eigenvalue weighted by atomic mass is 9.97. The summed E-state index contributed by atoms with van der Waals surface area (Å²) < 4.78 is 9.57. The number of methoxy groups -OCH3 is 1. The highest BCUT2D eigenvalue weighted by atomic mass is 16.5. The molecule has 0 unspecified atom stereocenters. The number of fused-ring (bicyclic) bond motifs is 1. The van der Waals surface area contributed by atoms with E-state index in [0.29, 0.717) is 5.92 Å². The smallest absolute Gasteiger partial charge is 0.0736 e. The first-order valence-electron chi connectivity index (χ1n) is 9.46. The van der Waals surface area contributed by atoms with Crippen LogP contribution in [0.4, 0.5) is 0 Å². The monoisotopic (exact) mass is 343 g/mol. The van der Waals surface area contributed by atoms with Crippen LogP contribution in [0, 0.1) is 5.92 Å². The zero-order valence-electron chi connectivity index (χ0n) is 15.4. The van der Waals surface area contributed by atoms with Gasteiger partial charge >= 0.3 is 0 Å². The Labute approximate surface area is 149 Å². The number of hydrogen-bond acceptors (Lipinski definition) is 4. The van der Waals surface area contributed by atoms with Gasteiger partial charge in [0.05, 0.1) is 18.5 Å². The molecule has 136 valence electrons. The number of nitrogens with zero attached hydrogens (tertiary/aromatic N) is 5. The van der Waals surface area contributed by atoms with E-state index < -0.39 is 0 Å². The number of aromatic nitrogens is 4. The predicted octanol–water partition coefficient (Wildman–Crippen LogP) is 2.55. The molecular weight excluding hydrogens is 314 g/mol. The van der Waals surface area contributed by atoms with Crippen LogP contribution in [0.2, 0.25) is 0 Å². The molecule has 2 aromatic heterocycles. The van der Waals surface area contributed by atoms with Gasteiger partial charge in [-0.3, -0.25) is 14.3 Å². The second kappa shape index (κ2) is 7.30. The summed E-state index contributed by atoms with van der Waals surface area (Å²) in [7, 11) is 3.76. The van der Waals surface area contributed by atoms with Crippen molar-refractivity contribution in [2.24, 2.45) is 13.0 Å². The molecule has 0 radical (unpaired) electrons. The minimum Gasteiger partial charge on any atom is -0.384 e. The summed E-state index contributed by atoms with van der Waals surface area (Å²) in [4.78, 5) is 2.49. The van der Waals surface area contributed by atoms with E-state index in [4.69, 9.17) is 9.84 Å². The Bertz CT molecular complexity index is 700. The van der Waals surface area contributed by atoms with E-state index in [2.05, 4.69) is 27.1 Å². The Kier molecular flexibility index (Phi) is 4.90. The maximum Gasteiger partial charge on any atom is 0.0736 e. The van der Waals surface area contributed by atoms with Crippen molar-refractivity contribution in [2.45, 2.75) is 51.2 Å². The summed E-state index contributed by atoms with van der Waals surface area (Å²) in [5, 5.41) is 9.25. The van der Waals surface area contributed by atoms with Crippen molar-refractivity contribution in [1.82, 2.24) is 24.5 Å². The molecule has 2 aromatic rings. The van der Waals surface area contributed by atoms with Crippen molar-refractivity contribution < 1.29 is 4.74 Å². The molecule has 4 rings (SSSR count). The molecule has 1 atom stereocenters. The normalized spacial score (nSPS) is 21.8. The fraction of sp³-hybridized carbons (Fsp3) is 0.684. The predicted molar refractivity (Wildman–Crippen MR) is 96.1 cm³/mol. The number of rotatable bonds is 6. The Morgan fingerprint density at radius 1 is 1.24 bits per heavy atom. The Balaban J connectivity index is 1.50. The summed E-state index contributed by atoms with van der Waals surface area (Å²) in [5.74, 6) is 1.17. The molecule has 0 saturated heterocycles. The van der Waals surface area contributed by atoms with Gasteiger partial charge in [-0.05, 0) is 18.8 Å². The van der Waals surface area contributed by atoms with Gasteiger partial charge in [-0.25, -0.2) is 0 Å². The van der Waals surface area contributed by atoms with Crippen molar-refractivity contribution in [3.05, 3.63) is 35.4 Å². The first-order valence-corrected chi connectivity index (χ1v) is 9.46. The molecular formula is C19H29N5O. The van der Waals surface area contributed by atoms with E-state index in [1.165, 1.54) is 42.5 Å². The Morgan fingerprint density at radius 2 is 2.08 bits per heavy atom. The van der Waals surface area contributed by atoms with E-state index >= 15 is 0 Å². The zero-order valence-corrected chi connectivity index (χ0v) is 15.4. The van der Waals surface area contributed by atoms with Gasteiger partial charge in [0.25, 0.3) is 0 Å². The minimum atomic E-state index is 0.357. The van der Waals surface area contributed by atoms with Crippen LogP contribution in [0.15, 0.2) is 18.6 Å². The van der Waals surface area contributed by atoms with Crippen molar-refractivity contribution >= 4 is 0 Å². The summed E-state index contributed by atoms with van der Waals surface area (Å²) >= 11 is 0. The van der Waals surface area contributed by atoms with Crippen LogP contribution in [0.25, 0.3) is 0 Å². The molecule has 1 aliphatic carbocycles. The molecule has 0 amide bonds. The molecule has 0 aromatic carbocycles. The van der Waals surface area contributed by atoms with E-state index in [9.17, 15) is 0 Å². The van der Waals surface area contributed by atoms with Crippen LogP contribution in [-0.2, 0) is 31.4 Å². The lowest BCUT2D eigenvalue weighted by molar-refractivity contribution is 0.134. The van der Waals surface area contributed by atoms with Gasteiger partial charge in [0.2, 0.25) is 0 Å². The fourth-order valence-corrected chi connectivity index (χ4v) is 4.46. The average Bonchev–Trinajstić information content (AvgIpc) is 3.30. The number of ether oxygens (including phenoxy) is 1. The molecule has 1 aliphatic heterocycles. The molecule has 1 fully saturated rings. The number of aryl methyl sites for hydroxylation is 1. The maximum absolute atomic E-state index is 5.49. The fourth-order valence-electron chi connectivity index (χ4n) is 4.46. The third-order valence-corrected chi connectivity index (χ3v) is 5.58. The summed E-state index contributed by atoms with van der Waals surface area (Å²) in [6, 6.07) is 0. The van der Waals surface area contributed by atoms with Gasteiger partial charge in [0, 0.05) is 69.8 Å². The van der Waals surface area contributed by atoms with Crippen LogP contribution < -0.4 is 0 Å². The van der Waals surface area contributed by atoms with Gasteiger partial charge < -0.3 is 4.74 Å². The second-order valence-corrected chi connectivity index (χ2v) is 7.76.